The Bertz CT molecular complexity index is 625. The van der Waals surface area contributed by atoms with Crippen molar-refractivity contribution in [2.24, 2.45) is 0 Å². The summed E-state index contributed by atoms with van der Waals surface area (Å²) in [4.78, 5) is 16.3. The Morgan fingerprint density at radius 3 is 2.75 bits per heavy atom. The second-order valence-corrected chi connectivity index (χ2v) is 5.06. The van der Waals surface area contributed by atoms with E-state index in [1.807, 2.05) is 37.3 Å². The number of hydrogen-bond acceptors (Lipinski definition) is 3. The van der Waals surface area contributed by atoms with Crippen molar-refractivity contribution >= 4 is 5.91 Å². The van der Waals surface area contributed by atoms with Crippen LogP contribution < -0.4 is 10.6 Å². The van der Waals surface area contributed by atoms with Crippen LogP contribution >= 0.6 is 0 Å². The number of nitrogens with zero attached hydrogens (tertiary/aromatic N) is 1. The third-order valence-corrected chi connectivity index (χ3v) is 3.65. The summed E-state index contributed by atoms with van der Waals surface area (Å²) in [6, 6.07) is 9.69. The molecule has 20 heavy (non-hydrogen) atoms. The number of amides is 1. The topological polar surface area (TPSA) is 54.0 Å². The van der Waals surface area contributed by atoms with Gasteiger partial charge < -0.3 is 10.6 Å². The molecule has 1 unspecified atom stereocenters. The summed E-state index contributed by atoms with van der Waals surface area (Å²) in [7, 11) is 0. The van der Waals surface area contributed by atoms with Crippen molar-refractivity contribution in [3.05, 3.63) is 65.0 Å². The van der Waals surface area contributed by atoms with Gasteiger partial charge in [-0.25, -0.2) is 0 Å². The number of carbonyl (C=O) groups is 1. The van der Waals surface area contributed by atoms with Gasteiger partial charge in [-0.05, 0) is 47.9 Å². The molecule has 1 aliphatic heterocycles. The van der Waals surface area contributed by atoms with Gasteiger partial charge in [0.05, 0.1) is 6.04 Å². The van der Waals surface area contributed by atoms with Crippen LogP contribution in [0.2, 0.25) is 0 Å². The van der Waals surface area contributed by atoms with Crippen LogP contribution in [0.4, 0.5) is 0 Å². The SMILES string of the molecule is CC(NC(=O)c1ccc2c(c1)CNC2)c1ccncc1. The van der Waals surface area contributed by atoms with E-state index in [1.165, 1.54) is 11.1 Å². The molecule has 1 aromatic carbocycles. The minimum absolute atomic E-state index is 0.0307. The van der Waals surface area contributed by atoms with Gasteiger partial charge in [0.1, 0.15) is 0 Å². The summed E-state index contributed by atoms with van der Waals surface area (Å²) in [6.07, 6.45) is 3.47. The largest absolute Gasteiger partial charge is 0.346 e. The molecule has 0 spiro atoms. The molecule has 2 N–H and O–H groups in total. The smallest absolute Gasteiger partial charge is 0.251 e. The number of nitrogens with one attached hydrogen (secondary N) is 2. The standard InChI is InChI=1S/C16H17N3O/c1-11(12-4-6-17-7-5-12)19-16(20)13-2-3-14-9-18-10-15(14)8-13/h2-8,11,18H,9-10H2,1H3,(H,19,20). The van der Waals surface area contributed by atoms with Crippen molar-refractivity contribution in [3.63, 3.8) is 0 Å². The highest BCUT2D eigenvalue weighted by atomic mass is 16.1. The Kier molecular flexibility index (Phi) is 3.48. The fraction of sp³-hybridized carbons (Fsp3) is 0.250. The van der Waals surface area contributed by atoms with Crippen LogP contribution in [0.25, 0.3) is 0 Å². The van der Waals surface area contributed by atoms with Crippen LogP contribution in [0, 0.1) is 0 Å². The molecule has 0 fully saturated rings. The molecule has 4 nitrogen and oxygen atoms in total. The van der Waals surface area contributed by atoms with E-state index in [0.29, 0.717) is 5.56 Å². The average Bonchev–Trinajstić information content (AvgIpc) is 2.95. The van der Waals surface area contributed by atoms with Crippen molar-refractivity contribution in [2.75, 3.05) is 0 Å². The molecule has 1 aromatic heterocycles. The molecule has 1 aliphatic rings. The predicted molar refractivity (Wildman–Crippen MR) is 77.1 cm³/mol. The fourth-order valence-corrected chi connectivity index (χ4v) is 2.45. The zero-order chi connectivity index (χ0) is 13.9. The van der Waals surface area contributed by atoms with Crippen LogP contribution in [0.3, 0.4) is 0 Å². The second kappa shape index (κ2) is 5.43. The van der Waals surface area contributed by atoms with Gasteiger partial charge in [-0.15, -0.1) is 0 Å². The summed E-state index contributed by atoms with van der Waals surface area (Å²) in [5.41, 5.74) is 4.27. The van der Waals surface area contributed by atoms with Gasteiger partial charge in [-0.2, -0.15) is 0 Å². The molecule has 2 heterocycles. The molecular formula is C16H17N3O. The summed E-state index contributed by atoms with van der Waals surface area (Å²) >= 11 is 0. The van der Waals surface area contributed by atoms with Crippen LogP contribution in [0.5, 0.6) is 0 Å². The lowest BCUT2D eigenvalue weighted by Gasteiger charge is -2.14. The summed E-state index contributed by atoms with van der Waals surface area (Å²) in [5.74, 6) is -0.0380. The minimum atomic E-state index is -0.0380. The zero-order valence-corrected chi connectivity index (χ0v) is 11.4. The number of rotatable bonds is 3. The first-order chi connectivity index (χ1) is 9.74. The molecule has 1 atom stereocenters. The van der Waals surface area contributed by atoms with E-state index in [1.54, 1.807) is 12.4 Å². The van der Waals surface area contributed by atoms with E-state index in [4.69, 9.17) is 0 Å². The number of aromatic nitrogens is 1. The minimum Gasteiger partial charge on any atom is -0.346 e. The van der Waals surface area contributed by atoms with Crippen LogP contribution in [0.1, 0.15) is 40.0 Å². The Morgan fingerprint density at radius 2 is 1.95 bits per heavy atom. The Hall–Kier alpha value is -2.20. The zero-order valence-electron chi connectivity index (χ0n) is 11.4. The highest BCUT2D eigenvalue weighted by Crippen LogP contribution is 2.18. The first-order valence-electron chi connectivity index (χ1n) is 6.77. The van der Waals surface area contributed by atoms with E-state index >= 15 is 0 Å². The molecule has 0 aliphatic carbocycles. The van der Waals surface area contributed by atoms with Crippen molar-refractivity contribution in [1.29, 1.82) is 0 Å². The molecule has 1 amide bonds. The van der Waals surface area contributed by atoms with Gasteiger partial charge in [0.2, 0.25) is 0 Å². The van der Waals surface area contributed by atoms with Gasteiger partial charge >= 0.3 is 0 Å². The monoisotopic (exact) mass is 267 g/mol. The van der Waals surface area contributed by atoms with Crippen molar-refractivity contribution in [1.82, 2.24) is 15.6 Å². The van der Waals surface area contributed by atoms with E-state index in [0.717, 1.165) is 18.7 Å². The number of benzene rings is 1. The lowest BCUT2D eigenvalue weighted by molar-refractivity contribution is 0.0940. The molecule has 4 heteroatoms. The average molecular weight is 267 g/mol. The van der Waals surface area contributed by atoms with Gasteiger partial charge in [0, 0.05) is 31.0 Å². The summed E-state index contributed by atoms with van der Waals surface area (Å²) in [5, 5.41) is 6.30. The van der Waals surface area contributed by atoms with Gasteiger partial charge in [-0.3, -0.25) is 9.78 Å². The third kappa shape index (κ3) is 2.56. The maximum absolute atomic E-state index is 12.3. The van der Waals surface area contributed by atoms with Crippen molar-refractivity contribution < 1.29 is 4.79 Å². The molecule has 0 saturated heterocycles. The number of hydrogen-bond donors (Lipinski definition) is 2. The predicted octanol–water partition coefficient (Wildman–Crippen LogP) is 2.18. The first-order valence-corrected chi connectivity index (χ1v) is 6.77. The van der Waals surface area contributed by atoms with E-state index in [9.17, 15) is 4.79 Å². The van der Waals surface area contributed by atoms with E-state index in [2.05, 4.69) is 15.6 Å². The number of pyridine rings is 1. The normalized spacial score (nSPS) is 14.7. The highest BCUT2D eigenvalue weighted by Gasteiger charge is 2.15. The molecule has 2 aromatic rings. The molecular weight excluding hydrogens is 250 g/mol. The number of carbonyl (C=O) groups excluding carboxylic acids is 1. The highest BCUT2D eigenvalue weighted by molar-refractivity contribution is 5.94. The molecule has 0 radical (unpaired) electrons. The Labute approximate surface area is 118 Å². The summed E-state index contributed by atoms with van der Waals surface area (Å²) in [6.45, 7) is 3.71. The fourth-order valence-electron chi connectivity index (χ4n) is 2.45. The van der Waals surface area contributed by atoms with Crippen molar-refractivity contribution in [2.45, 2.75) is 26.1 Å². The first kappa shape index (κ1) is 12.8. The maximum atomic E-state index is 12.3. The second-order valence-electron chi connectivity index (χ2n) is 5.06. The third-order valence-electron chi connectivity index (χ3n) is 3.65. The van der Waals surface area contributed by atoms with E-state index < -0.39 is 0 Å². The van der Waals surface area contributed by atoms with Crippen LogP contribution in [-0.4, -0.2) is 10.9 Å². The lowest BCUT2D eigenvalue weighted by Crippen LogP contribution is -2.26. The maximum Gasteiger partial charge on any atom is 0.251 e. The molecule has 102 valence electrons. The van der Waals surface area contributed by atoms with Crippen LogP contribution in [0.15, 0.2) is 42.7 Å². The van der Waals surface area contributed by atoms with Crippen LogP contribution in [-0.2, 0) is 13.1 Å². The molecule has 0 bridgehead atoms. The van der Waals surface area contributed by atoms with Gasteiger partial charge in [0.15, 0.2) is 0 Å². The van der Waals surface area contributed by atoms with Gasteiger partial charge in [-0.1, -0.05) is 6.07 Å². The number of fused-ring (bicyclic) bond motifs is 1. The molecule has 3 rings (SSSR count). The van der Waals surface area contributed by atoms with Crippen molar-refractivity contribution in [3.8, 4) is 0 Å². The lowest BCUT2D eigenvalue weighted by atomic mass is 10.0. The Balaban J connectivity index is 1.73. The quantitative estimate of drug-likeness (QED) is 0.896. The molecule has 0 saturated carbocycles. The Morgan fingerprint density at radius 1 is 1.20 bits per heavy atom. The van der Waals surface area contributed by atoms with Gasteiger partial charge in [0.25, 0.3) is 5.91 Å². The summed E-state index contributed by atoms with van der Waals surface area (Å²) < 4.78 is 0. The van der Waals surface area contributed by atoms with E-state index in [-0.39, 0.29) is 11.9 Å².